The molecule has 0 fully saturated rings. The highest BCUT2D eigenvalue weighted by Gasteiger charge is 2.13. The quantitative estimate of drug-likeness (QED) is 0.414. The number of Topliss-reactive ketones (excluding diaryl/α,β-unsaturated/α-hetero) is 1. The fourth-order valence-electron chi connectivity index (χ4n) is 2.62. The highest BCUT2D eigenvalue weighted by atomic mass is 32.2. The fourth-order valence-corrected chi connectivity index (χ4v) is 3.35. The molecule has 0 radical (unpaired) electrons. The van der Waals surface area contributed by atoms with Crippen LogP contribution in [-0.2, 0) is 18.4 Å². The van der Waals surface area contributed by atoms with Crippen LogP contribution < -0.4 is 14.8 Å². The topological polar surface area (TPSA) is 95.3 Å². The number of ether oxygens (including phenoxy) is 2. The van der Waals surface area contributed by atoms with Crippen molar-refractivity contribution in [1.82, 2.24) is 14.8 Å². The monoisotopic (exact) mass is 426 g/mol. The SMILES string of the molecule is COc1ccccc1OCc1nnc(SCC(=O)Nc2cccc(C(C)=O)c2)n1C. The summed E-state index contributed by atoms with van der Waals surface area (Å²) >= 11 is 1.27. The lowest BCUT2D eigenvalue weighted by Crippen LogP contribution is -2.15. The molecule has 0 saturated heterocycles. The van der Waals surface area contributed by atoms with E-state index in [9.17, 15) is 9.59 Å². The molecule has 1 heterocycles. The highest BCUT2D eigenvalue weighted by Crippen LogP contribution is 2.26. The van der Waals surface area contributed by atoms with Crippen molar-refractivity contribution in [2.45, 2.75) is 18.7 Å². The maximum atomic E-state index is 12.3. The smallest absolute Gasteiger partial charge is 0.234 e. The molecule has 0 spiro atoms. The summed E-state index contributed by atoms with van der Waals surface area (Å²) in [5.41, 5.74) is 1.13. The predicted molar refractivity (Wildman–Crippen MR) is 114 cm³/mol. The van der Waals surface area contributed by atoms with Gasteiger partial charge in [0.25, 0.3) is 0 Å². The number of benzene rings is 2. The Morgan fingerprint density at radius 2 is 1.87 bits per heavy atom. The van der Waals surface area contributed by atoms with Crippen LogP contribution in [0.1, 0.15) is 23.1 Å². The summed E-state index contributed by atoms with van der Waals surface area (Å²) in [6, 6.07) is 14.2. The van der Waals surface area contributed by atoms with Gasteiger partial charge in [0.2, 0.25) is 5.91 Å². The molecule has 1 amide bonds. The van der Waals surface area contributed by atoms with E-state index in [1.54, 1.807) is 35.9 Å². The zero-order valence-electron chi connectivity index (χ0n) is 16.9. The number of para-hydroxylation sites is 2. The van der Waals surface area contributed by atoms with Crippen molar-refractivity contribution in [3.8, 4) is 11.5 Å². The number of anilines is 1. The third-order valence-corrected chi connectivity index (χ3v) is 5.26. The number of rotatable bonds is 9. The lowest BCUT2D eigenvalue weighted by atomic mass is 10.1. The van der Waals surface area contributed by atoms with Gasteiger partial charge >= 0.3 is 0 Å². The second-order valence-corrected chi connectivity index (χ2v) is 7.31. The zero-order chi connectivity index (χ0) is 21.5. The number of carbonyl (C=O) groups is 2. The van der Waals surface area contributed by atoms with Gasteiger partial charge in [-0.3, -0.25) is 9.59 Å². The Kier molecular flexibility index (Phi) is 7.08. The molecule has 3 aromatic rings. The number of aromatic nitrogens is 3. The van der Waals surface area contributed by atoms with Crippen LogP contribution in [0.5, 0.6) is 11.5 Å². The van der Waals surface area contributed by atoms with Gasteiger partial charge in [-0.05, 0) is 31.2 Å². The van der Waals surface area contributed by atoms with Crippen LogP contribution in [0, 0.1) is 0 Å². The van der Waals surface area contributed by atoms with Crippen molar-refractivity contribution in [2.75, 3.05) is 18.2 Å². The number of hydrogen-bond donors (Lipinski definition) is 1. The Balaban J connectivity index is 1.55. The lowest BCUT2D eigenvalue weighted by molar-refractivity contribution is -0.113. The van der Waals surface area contributed by atoms with E-state index < -0.39 is 0 Å². The molecule has 9 heteroatoms. The van der Waals surface area contributed by atoms with Crippen LogP contribution in [0.3, 0.4) is 0 Å². The van der Waals surface area contributed by atoms with Gasteiger partial charge in [-0.1, -0.05) is 36.0 Å². The van der Waals surface area contributed by atoms with Crippen molar-refractivity contribution in [3.63, 3.8) is 0 Å². The standard InChI is InChI=1S/C21H22N4O4S/c1-14(26)15-7-6-8-16(11-15)22-20(27)13-30-21-24-23-19(25(21)2)12-29-18-10-5-4-9-17(18)28-3/h4-11H,12-13H2,1-3H3,(H,22,27). The third-order valence-electron chi connectivity index (χ3n) is 4.24. The number of thioether (sulfide) groups is 1. The van der Waals surface area contributed by atoms with Crippen molar-refractivity contribution in [2.24, 2.45) is 7.05 Å². The van der Waals surface area contributed by atoms with Gasteiger partial charge in [-0.2, -0.15) is 0 Å². The van der Waals surface area contributed by atoms with Crippen molar-refractivity contribution in [3.05, 3.63) is 59.9 Å². The summed E-state index contributed by atoms with van der Waals surface area (Å²) in [6.45, 7) is 1.70. The van der Waals surface area contributed by atoms with Crippen molar-refractivity contribution < 1.29 is 19.1 Å². The van der Waals surface area contributed by atoms with Crippen LogP contribution in [0.25, 0.3) is 0 Å². The summed E-state index contributed by atoms with van der Waals surface area (Å²) in [4.78, 5) is 23.7. The van der Waals surface area contributed by atoms with Gasteiger partial charge in [0.05, 0.1) is 12.9 Å². The number of ketones is 1. The first-order valence-electron chi connectivity index (χ1n) is 9.15. The molecule has 0 bridgehead atoms. The molecular formula is C21H22N4O4S. The molecule has 2 aromatic carbocycles. The Labute approximate surface area is 178 Å². The van der Waals surface area contributed by atoms with Crippen LogP contribution in [0.2, 0.25) is 0 Å². The molecule has 3 rings (SSSR count). The molecule has 30 heavy (non-hydrogen) atoms. The van der Waals surface area contributed by atoms with E-state index in [0.717, 1.165) is 0 Å². The summed E-state index contributed by atoms with van der Waals surface area (Å²) in [6.07, 6.45) is 0. The molecule has 0 saturated carbocycles. The Morgan fingerprint density at radius 3 is 2.60 bits per heavy atom. The van der Waals surface area contributed by atoms with E-state index in [1.165, 1.54) is 18.7 Å². The minimum Gasteiger partial charge on any atom is -0.493 e. The second-order valence-electron chi connectivity index (χ2n) is 6.37. The number of nitrogens with one attached hydrogen (secondary N) is 1. The molecule has 0 atom stereocenters. The normalized spacial score (nSPS) is 10.5. The molecule has 0 aliphatic rings. The first-order valence-corrected chi connectivity index (χ1v) is 10.1. The number of nitrogens with zero attached hydrogens (tertiary/aromatic N) is 3. The summed E-state index contributed by atoms with van der Waals surface area (Å²) < 4.78 is 12.8. The fraction of sp³-hybridized carbons (Fsp3) is 0.238. The third kappa shape index (κ3) is 5.38. The Morgan fingerprint density at radius 1 is 1.10 bits per heavy atom. The summed E-state index contributed by atoms with van der Waals surface area (Å²) in [5.74, 6) is 1.78. The Bertz CT molecular complexity index is 1050. The van der Waals surface area contributed by atoms with E-state index in [-0.39, 0.29) is 24.1 Å². The van der Waals surface area contributed by atoms with Crippen LogP contribution in [0.4, 0.5) is 5.69 Å². The zero-order valence-corrected chi connectivity index (χ0v) is 17.7. The molecular weight excluding hydrogens is 404 g/mol. The molecule has 0 unspecified atom stereocenters. The molecule has 0 aliphatic heterocycles. The van der Waals surface area contributed by atoms with Gasteiger partial charge in [0.15, 0.2) is 28.3 Å². The van der Waals surface area contributed by atoms with E-state index >= 15 is 0 Å². The van der Waals surface area contributed by atoms with Crippen LogP contribution in [-0.4, -0.2) is 39.3 Å². The van der Waals surface area contributed by atoms with E-state index in [2.05, 4.69) is 15.5 Å². The minimum absolute atomic E-state index is 0.0533. The molecule has 1 aromatic heterocycles. The molecule has 1 N–H and O–H groups in total. The summed E-state index contributed by atoms with van der Waals surface area (Å²) in [7, 11) is 3.40. The minimum atomic E-state index is -0.199. The number of amides is 1. The second kappa shape index (κ2) is 9.93. The van der Waals surface area contributed by atoms with Crippen LogP contribution in [0.15, 0.2) is 53.7 Å². The van der Waals surface area contributed by atoms with E-state index in [0.29, 0.717) is 33.7 Å². The summed E-state index contributed by atoms with van der Waals surface area (Å²) in [5, 5.41) is 11.6. The molecule has 8 nitrogen and oxygen atoms in total. The maximum absolute atomic E-state index is 12.3. The first-order chi connectivity index (χ1) is 14.5. The van der Waals surface area contributed by atoms with E-state index in [1.807, 2.05) is 31.3 Å². The molecule has 156 valence electrons. The van der Waals surface area contributed by atoms with Gasteiger partial charge < -0.3 is 19.4 Å². The van der Waals surface area contributed by atoms with Crippen molar-refractivity contribution >= 4 is 29.1 Å². The molecule has 0 aliphatic carbocycles. The lowest BCUT2D eigenvalue weighted by Gasteiger charge is -2.10. The van der Waals surface area contributed by atoms with Crippen molar-refractivity contribution in [1.29, 1.82) is 0 Å². The highest BCUT2D eigenvalue weighted by molar-refractivity contribution is 7.99. The van der Waals surface area contributed by atoms with Crippen LogP contribution >= 0.6 is 11.8 Å². The number of hydrogen-bond acceptors (Lipinski definition) is 7. The largest absolute Gasteiger partial charge is 0.493 e. The van der Waals surface area contributed by atoms with E-state index in [4.69, 9.17) is 9.47 Å². The Hall–Kier alpha value is -3.33. The van der Waals surface area contributed by atoms with Gasteiger partial charge in [0, 0.05) is 18.3 Å². The van der Waals surface area contributed by atoms with Gasteiger partial charge in [0.1, 0.15) is 6.61 Å². The average molecular weight is 426 g/mol. The average Bonchev–Trinajstić information content (AvgIpc) is 3.10. The number of methoxy groups -OCH3 is 1. The van der Waals surface area contributed by atoms with Gasteiger partial charge in [-0.15, -0.1) is 10.2 Å². The van der Waals surface area contributed by atoms with Gasteiger partial charge in [-0.25, -0.2) is 0 Å². The predicted octanol–water partition coefficient (Wildman–Crippen LogP) is 3.34. The maximum Gasteiger partial charge on any atom is 0.234 e. The first kappa shape index (κ1) is 21.4. The number of carbonyl (C=O) groups excluding carboxylic acids is 2.